The summed E-state index contributed by atoms with van der Waals surface area (Å²) in [6.45, 7) is 4.57. The lowest BCUT2D eigenvalue weighted by atomic mass is 9.83. The van der Waals surface area contributed by atoms with Gasteiger partial charge in [0.1, 0.15) is 5.75 Å². The molecule has 0 aliphatic carbocycles. The van der Waals surface area contributed by atoms with Crippen molar-refractivity contribution >= 4 is 11.8 Å². The zero-order valence-electron chi connectivity index (χ0n) is 22.1. The quantitative estimate of drug-likeness (QED) is 0.0562. The highest BCUT2D eigenvalue weighted by Gasteiger charge is 2.53. The Balaban J connectivity index is 1.99. The van der Waals surface area contributed by atoms with Crippen molar-refractivity contribution in [1.82, 2.24) is 10.9 Å². The van der Waals surface area contributed by atoms with E-state index in [4.69, 9.17) is 34.6 Å². The Morgan fingerprint density at radius 2 is 2.03 bits per heavy atom. The number of nitrogens with zero attached hydrogens (tertiary/aromatic N) is 4. The van der Waals surface area contributed by atoms with E-state index in [0.717, 1.165) is 0 Å². The molecule has 1 amide bonds. The van der Waals surface area contributed by atoms with Crippen LogP contribution in [0.25, 0.3) is 10.4 Å². The van der Waals surface area contributed by atoms with Crippen molar-refractivity contribution in [2.24, 2.45) is 10.1 Å². The average molecular weight is 539 g/mol. The van der Waals surface area contributed by atoms with Crippen molar-refractivity contribution in [1.29, 1.82) is 0 Å². The van der Waals surface area contributed by atoms with Gasteiger partial charge >= 0.3 is 0 Å². The van der Waals surface area contributed by atoms with E-state index in [1.54, 1.807) is 30.3 Å². The third kappa shape index (κ3) is 7.34. The van der Waals surface area contributed by atoms with E-state index in [1.807, 2.05) is 24.3 Å². The molecule has 0 bridgehead atoms. The van der Waals surface area contributed by atoms with Crippen LogP contribution in [0.5, 0.6) is 5.75 Å². The minimum atomic E-state index is -1.43. The molecule has 2 aromatic carbocycles. The molecule has 39 heavy (non-hydrogen) atoms. The molecule has 208 valence electrons. The van der Waals surface area contributed by atoms with Crippen molar-refractivity contribution in [3.63, 3.8) is 0 Å². The van der Waals surface area contributed by atoms with E-state index in [-0.39, 0.29) is 32.0 Å². The normalized spacial score (nSPS) is 18.2. The molecule has 0 unspecified atom stereocenters. The van der Waals surface area contributed by atoms with Gasteiger partial charge in [-0.3, -0.25) is 10.2 Å². The zero-order valence-corrected chi connectivity index (χ0v) is 22.1. The molecule has 1 aliphatic heterocycles. The molecule has 0 saturated heterocycles. The minimum Gasteiger partial charge on any atom is -0.494 e. The number of hydrogen-bond donors (Lipinski definition) is 3. The lowest BCUT2D eigenvalue weighted by molar-refractivity contribution is -0.131. The summed E-state index contributed by atoms with van der Waals surface area (Å²) < 4.78 is 22.4. The number of aliphatic hydroxyl groups is 1. The monoisotopic (exact) mass is 538 g/mol. The molecule has 3 N–H and O–H groups in total. The molecule has 0 saturated carbocycles. The highest BCUT2D eigenvalue weighted by molar-refractivity contribution is 6.01. The molecule has 2 atom stereocenters. The van der Waals surface area contributed by atoms with Crippen molar-refractivity contribution in [2.45, 2.75) is 37.3 Å². The average Bonchev–Trinajstić information content (AvgIpc) is 3.35. The molecule has 1 aliphatic rings. The number of hydrazine groups is 1. The van der Waals surface area contributed by atoms with Gasteiger partial charge in [-0.15, -0.1) is 6.58 Å². The molecule has 12 nitrogen and oxygen atoms in total. The number of aliphatic hydroxyl groups excluding tert-OH is 1. The van der Waals surface area contributed by atoms with Gasteiger partial charge in [-0.2, -0.15) is 0 Å². The number of amides is 1. The van der Waals surface area contributed by atoms with Crippen LogP contribution in [0.4, 0.5) is 0 Å². The number of hydrogen-bond acceptors (Lipinski definition) is 9. The van der Waals surface area contributed by atoms with Gasteiger partial charge in [0.15, 0.2) is 17.9 Å². The number of ether oxygens (including phenoxy) is 4. The van der Waals surface area contributed by atoms with Crippen molar-refractivity contribution in [3.05, 3.63) is 88.3 Å². The number of nitrogens with one attached hydrogen (secondary N) is 2. The van der Waals surface area contributed by atoms with Crippen LogP contribution >= 0.6 is 0 Å². The van der Waals surface area contributed by atoms with Crippen LogP contribution in [0.3, 0.4) is 0 Å². The van der Waals surface area contributed by atoms with E-state index < -0.39 is 23.8 Å². The third-order valence-electron chi connectivity index (χ3n) is 6.12. The van der Waals surface area contributed by atoms with Gasteiger partial charge in [0, 0.05) is 44.1 Å². The number of carbonyl (C=O) groups is 1. The third-order valence-corrected chi connectivity index (χ3v) is 6.12. The van der Waals surface area contributed by atoms with Gasteiger partial charge in [0.05, 0.1) is 19.7 Å². The van der Waals surface area contributed by atoms with Crippen LogP contribution in [0.2, 0.25) is 0 Å². The van der Waals surface area contributed by atoms with Gasteiger partial charge < -0.3 is 24.1 Å². The van der Waals surface area contributed by atoms with Gasteiger partial charge in [-0.25, -0.2) is 10.4 Å². The van der Waals surface area contributed by atoms with Gasteiger partial charge in [0.2, 0.25) is 5.90 Å². The molecule has 0 radical (unpaired) electrons. The molecule has 0 spiro atoms. The molecule has 0 aromatic heterocycles. The highest BCUT2D eigenvalue weighted by atomic mass is 16.7. The second-order valence-electron chi connectivity index (χ2n) is 8.61. The smallest absolute Gasteiger partial charge is 0.266 e. The number of benzene rings is 2. The highest BCUT2D eigenvalue weighted by Crippen LogP contribution is 2.43. The molecule has 3 rings (SSSR count). The first kappa shape index (κ1) is 29.6. The number of azide groups is 1. The summed E-state index contributed by atoms with van der Waals surface area (Å²) in [6, 6.07) is 14.4. The fourth-order valence-electron chi connectivity index (χ4n) is 4.14. The summed E-state index contributed by atoms with van der Waals surface area (Å²) in [6.07, 6.45) is 0.877. The first-order valence-corrected chi connectivity index (χ1v) is 12.4. The predicted molar refractivity (Wildman–Crippen MR) is 145 cm³/mol. The predicted octanol–water partition coefficient (Wildman–Crippen LogP) is 3.33. The Hall–Kier alpha value is -3.93. The fraction of sp³-hybridized carbons (Fsp3) is 0.407. The van der Waals surface area contributed by atoms with Crippen molar-refractivity contribution in [2.75, 3.05) is 34.0 Å². The Kier molecular flexibility index (Phi) is 11.3. The van der Waals surface area contributed by atoms with Gasteiger partial charge in [0.25, 0.3) is 5.91 Å². The lowest BCUT2D eigenvalue weighted by Crippen LogP contribution is -2.54. The Bertz CT molecular complexity index is 1180. The largest absolute Gasteiger partial charge is 0.494 e. The summed E-state index contributed by atoms with van der Waals surface area (Å²) in [4.78, 5) is 21.5. The van der Waals surface area contributed by atoms with Crippen LogP contribution in [0.1, 0.15) is 35.6 Å². The van der Waals surface area contributed by atoms with E-state index in [2.05, 4.69) is 27.5 Å². The van der Waals surface area contributed by atoms with Gasteiger partial charge in [-0.05, 0) is 40.9 Å². The summed E-state index contributed by atoms with van der Waals surface area (Å²) in [5.41, 5.74) is 15.0. The van der Waals surface area contributed by atoms with E-state index in [1.165, 1.54) is 14.2 Å². The summed E-state index contributed by atoms with van der Waals surface area (Å²) >= 11 is 0. The van der Waals surface area contributed by atoms with E-state index >= 15 is 0 Å². The molecule has 0 fully saturated rings. The molecular weight excluding hydrogens is 504 g/mol. The summed E-state index contributed by atoms with van der Waals surface area (Å²) in [5.74, 6) is 0.451. The Labute approximate surface area is 227 Å². The molecule has 1 heterocycles. The van der Waals surface area contributed by atoms with Crippen LogP contribution in [0, 0.1) is 0 Å². The van der Waals surface area contributed by atoms with Crippen LogP contribution in [-0.4, -0.2) is 62.7 Å². The Morgan fingerprint density at radius 1 is 1.28 bits per heavy atom. The zero-order chi connectivity index (χ0) is 28.1. The van der Waals surface area contributed by atoms with Crippen molar-refractivity contribution < 1.29 is 28.8 Å². The second kappa shape index (κ2) is 14.9. The van der Waals surface area contributed by atoms with Crippen LogP contribution in [-0.2, 0) is 25.5 Å². The fourth-order valence-corrected chi connectivity index (χ4v) is 4.14. The molecule has 2 aromatic rings. The molecular formula is C27H34N6O6. The number of methoxy groups -OCH3 is 2. The first-order valence-electron chi connectivity index (χ1n) is 12.4. The lowest BCUT2D eigenvalue weighted by Gasteiger charge is -2.31. The van der Waals surface area contributed by atoms with Crippen LogP contribution in [0.15, 0.2) is 71.3 Å². The summed E-state index contributed by atoms with van der Waals surface area (Å²) in [7, 11) is 3.00. The maximum Gasteiger partial charge on any atom is 0.266 e. The Morgan fingerprint density at radius 3 is 2.69 bits per heavy atom. The number of aliphatic imine (C=N–C) groups is 1. The van der Waals surface area contributed by atoms with Crippen molar-refractivity contribution in [3.8, 4) is 5.75 Å². The van der Waals surface area contributed by atoms with Gasteiger partial charge in [-0.1, -0.05) is 35.5 Å². The topological polar surface area (TPSA) is 159 Å². The second-order valence-corrected chi connectivity index (χ2v) is 8.61. The SMILES string of the molecule is C=CC[C@]1(C(=O)NNCC(OC)OC)N=C(c2ccc(OCCCO)cc2)O[C@H]1c1ccccc1CN=[N+]=[N-]. The minimum absolute atomic E-state index is 0.0468. The maximum atomic E-state index is 13.8. The summed E-state index contributed by atoms with van der Waals surface area (Å²) in [5, 5.41) is 12.7. The number of rotatable bonds is 16. The first-order chi connectivity index (χ1) is 19.0. The van der Waals surface area contributed by atoms with E-state index in [9.17, 15) is 4.79 Å². The molecule has 12 heteroatoms. The van der Waals surface area contributed by atoms with Crippen LogP contribution < -0.4 is 15.6 Å². The van der Waals surface area contributed by atoms with E-state index in [0.29, 0.717) is 35.5 Å². The number of carbonyl (C=O) groups excluding carboxylic acids is 1. The maximum absolute atomic E-state index is 13.8. The standard InChI is InChI=1S/C27H34N6O6/c1-4-14-27(26(35)32-29-18-23(36-2)37-3)24(22-9-6-5-8-20(22)17-30-33-28)39-25(31-27)19-10-12-21(13-11-19)38-16-7-15-34/h4-6,8-13,23-24,29,34H,1,7,14-18H2,2-3H3,(H,32,35)/t24-,27-/m0/s1.